The smallest absolute Gasteiger partial charge is 0.0967 e. The fourth-order valence-corrected chi connectivity index (χ4v) is 0.440. The van der Waals surface area contributed by atoms with E-state index in [9.17, 15) is 0 Å². The van der Waals surface area contributed by atoms with Gasteiger partial charge in [0.25, 0.3) is 0 Å². The van der Waals surface area contributed by atoms with Gasteiger partial charge in [-0.1, -0.05) is 0 Å². The molecule has 1 fully saturated rings. The first-order chi connectivity index (χ1) is 4.41. The van der Waals surface area contributed by atoms with Crippen molar-refractivity contribution in [2.24, 2.45) is 0 Å². The minimum atomic E-state index is 0.194. The second-order valence-corrected chi connectivity index (χ2v) is 2.13. The minimum absolute atomic E-state index is 0.194. The highest BCUT2D eigenvalue weighted by atomic mass is 35.5. The Hall–Kier alpha value is 0.500. The van der Waals surface area contributed by atoms with Gasteiger partial charge in [0.15, 0.2) is 0 Å². The molecule has 56 valence electrons. The number of alkyl halides is 2. The molecule has 0 atom stereocenters. The largest absolute Gasteiger partial charge is 0.377 e. The lowest BCUT2D eigenvalue weighted by Gasteiger charge is -2.09. The van der Waals surface area contributed by atoms with Crippen molar-refractivity contribution in [2.75, 3.05) is 31.8 Å². The molecule has 1 aliphatic heterocycles. The lowest BCUT2D eigenvalue weighted by atomic mass is 10.6. The Bertz CT molecular complexity index is 36.7. The zero-order valence-corrected chi connectivity index (χ0v) is 6.62. The molecule has 0 amide bonds. The molecule has 4 heteroatoms. The molecule has 2 nitrogen and oxygen atoms in total. The van der Waals surface area contributed by atoms with Crippen molar-refractivity contribution in [1.82, 2.24) is 0 Å². The maximum Gasteiger partial charge on any atom is 0.0967 e. The standard InChI is InChI=1S/C4H8O2.CH2Cl2/c1-2-6-4-3-5-1;2-1-3/h1-4H2;1H2. The molecule has 0 aliphatic carbocycles. The number of hydrogen-bond acceptors (Lipinski definition) is 2. The molecule has 0 aromatic rings. The van der Waals surface area contributed by atoms with Crippen LogP contribution in [0.5, 0.6) is 0 Å². The Kier molecular flexibility index (Phi) is 8.97. The van der Waals surface area contributed by atoms with Crippen molar-refractivity contribution in [3.05, 3.63) is 0 Å². The summed E-state index contributed by atoms with van der Waals surface area (Å²) in [6.07, 6.45) is 0. The van der Waals surface area contributed by atoms with Gasteiger partial charge in [0.05, 0.1) is 31.8 Å². The summed E-state index contributed by atoms with van der Waals surface area (Å²) in [6.45, 7) is 3.11. The van der Waals surface area contributed by atoms with Gasteiger partial charge in [-0.15, -0.1) is 23.2 Å². The van der Waals surface area contributed by atoms with Crippen molar-refractivity contribution in [1.29, 1.82) is 0 Å². The predicted molar refractivity (Wildman–Crippen MR) is 38.2 cm³/mol. The molecule has 1 aliphatic rings. The predicted octanol–water partition coefficient (Wildman–Crippen LogP) is 1.45. The number of ether oxygens (including phenoxy) is 2. The highest BCUT2D eigenvalue weighted by Crippen LogP contribution is 1.85. The number of hydrogen-bond donors (Lipinski definition) is 0. The summed E-state index contributed by atoms with van der Waals surface area (Å²) in [5, 5.41) is 0.194. The molecule has 1 rings (SSSR count). The maximum absolute atomic E-state index is 4.94. The van der Waals surface area contributed by atoms with Crippen molar-refractivity contribution in [3.63, 3.8) is 0 Å². The summed E-state index contributed by atoms with van der Waals surface area (Å²) in [7, 11) is 0. The summed E-state index contributed by atoms with van der Waals surface area (Å²) in [4.78, 5) is 0. The van der Waals surface area contributed by atoms with E-state index in [1.54, 1.807) is 0 Å². The quantitative estimate of drug-likeness (QED) is 0.516. The molecule has 1 saturated heterocycles. The van der Waals surface area contributed by atoms with Crippen LogP contribution in [0.2, 0.25) is 0 Å². The van der Waals surface area contributed by atoms with Gasteiger partial charge in [-0.05, 0) is 0 Å². The van der Waals surface area contributed by atoms with E-state index < -0.39 is 0 Å². The second kappa shape index (κ2) is 8.50. The molecule has 0 aromatic heterocycles. The van der Waals surface area contributed by atoms with Crippen molar-refractivity contribution >= 4 is 23.2 Å². The first-order valence-corrected chi connectivity index (χ1v) is 3.76. The Morgan fingerprint density at radius 1 is 0.889 bits per heavy atom. The van der Waals surface area contributed by atoms with Crippen LogP contribution >= 0.6 is 23.2 Å². The molecule has 0 aromatic carbocycles. The molecule has 0 saturated carbocycles. The summed E-state index contributed by atoms with van der Waals surface area (Å²) in [5.41, 5.74) is 0. The Balaban J connectivity index is 0.000000187. The molecular formula is C5H10Cl2O2. The summed E-state index contributed by atoms with van der Waals surface area (Å²) in [6, 6.07) is 0. The molecule has 0 N–H and O–H groups in total. The zero-order chi connectivity index (χ0) is 6.95. The summed E-state index contributed by atoms with van der Waals surface area (Å²) in [5.74, 6) is 0. The SMILES string of the molecule is C1COCCO1.ClCCl. The fourth-order valence-electron chi connectivity index (χ4n) is 0.440. The van der Waals surface area contributed by atoms with Gasteiger partial charge in [0.2, 0.25) is 0 Å². The normalized spacial score (nSPS) is 18.0. The van der Waals surface area contributed by atoms with Gasteiger partial charge in [0, 0.05) is 0 Å². The van der Waals surface area contributed by atoms with E-state index in [0.29, 0.717) is 0 Å². The van der Waals surface area contributed by atoms with Crippen molar-refractivity contribution in [3.8, 4) is 0 Å². The zero-order valence-electron chi connectivity index (χ0n) is 5.11. The van der Waals surface area contributed by atoms with Gasteiger partial charge in [-0.3, -0.25) is 0 Å². The van der Waals surface area contributed by atoms with Gasteiger partial charge in [0.1, 0.15) is 0 Å². The molecular weight excluding hydrogens is 163 g/mol. The van der Waals surface area contributed by atoms with E-state index in [1.807, 2.05) is 0 Å². The monoisotopic (exact) mass is 172 g/mol. The Morgan fingerprint density at radius 3 is 1.22 bits per heavy atom. The van der Waals surface area contributed by atoms with Gasteiger partial charge in [-0.2, -0.15) is 0 Å². The molecule has 0 spiro atoms. The van der Waals surface area contributed by atoms with E-state index in [1.165, 1.54) is 0 Å². The van der Waals surface area contributed by atoms with E-state index in [-0.39, 0.29) is 5.34 Å². The minimum Gasteiger partial charge on any atom is -0.377 e. The van der Waals surface area contributed by atoms with Gasteiger partial charge < -0.3 is 9.47 Å². The molecule has 1 heterocycles. The third kappa shape index (κ3) is 8.50. The third-order valence-corrected chi connectivity index (χ3v) is 0.744. The fraction of sp³-hybridized carbons (Fsp3) is 1.00. The van der Waals surface area contributed by atoms with Crippen LogP contribution in [-0.4, -0.2) is 31.8 Å². The first kappa shape index (κ1) is 9.50. The molecule has 0 radical (unpaired) electrons. The molecule has 0 bridgehead atoms. The maximum atomic E-state index is 4.94. The highest BCUT2D eigenvalue weighted by molar-refractivity contribution is 6.40. The Morgan fingerprint density at radius 2 is 1.11 bits per heavy atom. The van der Waals surface area contributed by atoms with Crippen molar-refractivity contribution < 1.29 is 9.47 Å². The van der Waals surface area contributed by atoms with E-state index in [0.717, 1.165) is 26.4 Å². The number of rotatable bonds is 0. The van der Waals surface area contributed by atoms with Crippen LogP contribution in [-0.2, 0) is 9.47 Å². The van der Waals surface area contributed by atoms with Gasteiger partial charge >= 0.3 is 0 Å². The highest BCUT2D eigenvalue weighted by Gasteiger charge is 1.94. The summed E-state index contributed by atoms with van der Waals surface area (Å²) < 4.78 is 9.89. The topological polar surface area (TPSA) is 18.5 Å². The lowest BCUT2D eigenvalue weighted by Crippen LogP contribution is -2.16. The van der Waals surface area contributed by atoms with Crippen LogP contribution in [0.25, 0.3) is 0 Å². The van der Waals surface area contributed by atoms with Crippen LogP contribution in [0.1, 0.15) is 0 Å². The third-order valence-electron chi connectivity index (χ3n) is 0.744. The van der Waals surface area contributed by atoms with Crippen LogP contribution in [0.3, 0.4) is 0 Å². The summed E-state index contributed by atoms with van der Waals surface area (Å²) >= 11 is 9.53. The van der Waals surface area contributed by atoms with E-state index in [4.69, 9.17) is 32.7 Å². The van der Waals surface area contributed by atoms with E-state index >= 15 is 0 Å². The van der Waals surface area contributed by atoms with Crippen LogP contribution < -0.4 is 0 Å². The van der Waals surface area contributed by atoms with Crippen LogP contribution in [0.15, 0.2) is 0 Å². The molecule has 0 unspecified atom stereocenters. The first-order valence-electron chi connectivity index (χ1n) is 2.69. The van der Waals surface area contributed by atoms with Gasteiger partial charge in [-0.25, -0.2) is 0 Å². The second-order valence-electron chi connectivity index (χ2n) is 1.33. The van der Waals surface area contributed by atoms with Crippen molar-refractivity contribution in [2.45, 2.75) is 0 Å². The molecule has 9 heavy (non-hydrogen) atoms. The van der Waals surface area contributed by atoms with E-state index in [2.05, 4.69) is 0 Å². The lowest BCUT2D eigenvalue weighted by molar-refractivity contribution is -0.0334. The average Bonchev–Trinajstić information content (AvgIpc) is 1.93. The average molecular weight is 173 g/mol. The number of halogens is 2. The Labute approximate surface area is 65.0 Å². The van der Waals surface area contributed by atoms with Crippen LogP contribution in [0.4, 0.5) is 0 Å². The van der Waals surface area contributed by atoms with Crippen LogP contribution in [0, 0.1) is 0 Å².